The van der Waals surface area contributed by atoms with Crippen LogP contribution in [0.1, 0.15) is 30.1 Å². The number of carbonyl (C=O) groups is 3. The van der Waals surface area contributed by atoms with Crippen molar-refractivity contribution in [2.75, 3.05) is 32.1 Å². The van der Waals surface area contributed by atoms with Crippen molar-refractivity contribution in [3.8, 4) is 0 Å². The fourth-order valence-electron chi connectivity index (χ4n) is 2.52. The first-order chi connectivity index (χ1) is 11.5. The maximum Gasteiger partial charge on any atom is 0.337 e. The Morgan fingerprint density at radius 3 is 2.54 bits per heavy atom. The van der Waals surface area contributed by atoms with Crippen molar-refractivity contribution in [2.24, 2.45) is 0 Å². The van der Waals surface area contributed by atoms with Crippen LogP contribution in [0.4, 0.5) is 5.69 Å². The van der Waals surface area contributed by atoms with E-state index in [1.54, 1.807) is 24.3 Å². The molecule has 1 aliphatic rings. The Balaban J connectivity index is 1.90. The third-order valence-electron chi connectivity index (χ3n) is 3.82. The van der Waals surface area contributed by atoms with Crippen LogP contribution >= 0.6 is 0 Å². The van der Waals surface area contributed by atoms with Gasteiger partial charge in [0.05, 0.1) is 25.3 Å². The number of anilines is 1. The van der Waals surface area contributed by atoms with Crippen molar-refractivity contribution in [3.05, 3.63) is 29.8 Å². The summed E-state index contributed by atoms with van der Waals surface area (Å²) in [5.41, 5.74) is 0.951. The molecule has 0 spiro atoms. The van der Waals surface area contributed by atoms with E-state index in [-0.39, 0.29) is 24.5 Å². The molecule has 7 heteroatoms. The van der Waals surface area contributed by atoms with Crippen molar-refractivity contribution in [2.45, 2.75) is 25.9 Å². The number of methoxy groups -OCH3 is 1. The van der Waals surface area contributed by atoms with Gasteiger partial charge in [-0.15, -0.1) is 0 Å². The van der Waals surface area contributed by atoms with Gasteiger partial charge < -0.3 is 19.7 Å². The second-order valence-electron chi connectivity index (χ2n) is 5.65. The van der Waals surface area contributed by atoms with Gasteiger partial charge in [-0.25, -0.2) is 4.79 Å². The normalized spacial score (nSPS) is 16.5. The third-order valence-corrected chi connectivity index (χ3v) is 3.82. The summed E-state index contributed by atoms with van der Waals surface area (Å²) in [7, 11) is 1.31. The molecule has 0 bridgehead atoms. The van der Waals surface area contributed by atoms with E-state index >= 15 is 0 Å². The van der Waals surface area contributed by atoms with Crippen molar-refractivity contribution < 1.29 is 23.9 Å². The third kappa shape index (κ3) is 5.06. The van der Waals surface area contributed by atoms with Gasteiger partial charge in [0.1, 0.15) is 0 Å². The maximum atomic E-state index is 12.1. The molecule has 1 aromatic rings. The second-order valence-corrected chi connectivity index (χ2v) is 5.65. The number of carbonyl (C=O) groups excluding carboxylic acids is 3. The molecule has 1 heterocycles. The van der Waals surface area contributed by atoms with Crippen molar-refractivity contribution in [1.29, 1.82) is 0 Å². The van der Waals surface area contributed by atoms with Crippen LogP contribution in [0.15, 0.2) is 24.3 Å². The molecule has 0 aliphatic carbocycles. The van der Waals surface area contributed by atoms with E-state index in [9.17, 15) is 14.4 Å². The van der Waals surface area contributed by atoms with Gasteiger partial charge in [-0.1, -0.05) is 0 Å². The van der Waals surface area contributed by atoms with E-state index in [0.29, 0.717) is 24.4 Å². The quantitative estimate of drug-likeness (QED) is 0.796. The van der Waals surface area contributed by atoms with Crippen LogP contribution in [0.2, 0.25) is 0 Å². The summed E-state index contributed by atoms with van der Waals surface area (Å²) in [5.74, 6) is -0.900. The number of hydrogen-bond acceptors (Lipinski definition) is 5. The van der Waals surface area contributed by atoms with Crippen LogP contribution in [-0.2, 0) is 19.1 Å². The molecule has 1 N–H and O–H groups in total. The van der Waals surface area contributed by atoms with Gasteiger partial charge in [0.15, 0.2) is 0 Å². The van der Waals surface area contributed by atoms with E-state index in [1.807, 2.05) is 0 Å². The highest BCUT2D eigenvalue weighted by molar-refractivity contribution is 5.95. The number of benzene rings is 1. The number of nitrogens with one attached hydrogen (secondary N) is 1. The van der Waals surface area contributed by atoms with E-state index in [4.69, 9.17) is 4.74 Å². The minimum absolute atomic E-state index is 0.000963. The van der Waals surface area contributed by atoms with Crippen LogP contribution in [0.5, 0.6) is 0 Å². The Hall–Kier alpha value is -2.41. The lowest BCUT2D eigenvalue weighted by Gasteiger charge is -2.23. The summed E-state index contributed by atoms with van der Waals surface area (Å²) in [6.07, 6.45) is 1.89. The smallest absolute Gasteiger partial charge is 0.337 e. The molecule has 1 aliphatic heterocycles. The summed E-state index contributed by atoms with van der Waals surface area (Å²) >= 11 is 0. The Morgan fingerprint density at radius 2 is 2.00 bits per heavy atom. The number of amides is 2. The predicted molar refractivity (Wildman–Crippen MR) is 87.6 cm³/mol. The van der Waals surface area contributed by atoms with Crippen LogP contribution in [-0.4, -0.2) is 55.6 Å². The van der Waals surface area contributed by atoms with Gasteiger partial charge in [-0.3, -0.25) is 9.59 Å². The Labute approximate surface area is 140 Å². The fourth-order valence-corrected chi connectivity index (χ4v) is 2.52. The van der Waals surface area contributed by atoms with Gasteiger partial charge in [-0.05, 0) is 37.1 Å². The molecule has 0 aromatic heterocycles. The zero-order chi connectivity index (χ0) is 17.5. The molecule has 1 fully saturated rings. The molecule has 0 radical (unpaired) electrons. The Kier molecular flexibility index (Phi) is 6.31. The Bertz CT molecular complexity index is 594. The number of esters is 1. The van der Waals surface area contributed by atoms with Crippen LogP contribution in [0, 0.1) is 0 Å². The SMILES string of the molecule is COC(=O)c1ccc(NC(=O)CN(CC2CCCO2)C(C)=O)cc1. The van der Waals surface area contributed by atoms with E-state index in [1.165, 1.54) is 18.9 Å². The van der Waals surface area contributed by atoms with Crippen molar-refractivity contribution >= 4 is 23.5 Å². The largest absolute Gasteiger partial charge is 0.465 e. The summed E-state index contributed by atoms with van der Waals surface area (Å²) in [6, 6.07) is 6.36. The van der Waals surface area contributed by atoms with Crippen LogP contribution in [0.3, 0.4) is 0 Å². The van der Waals surface area contributed by atoms with E-state index < -0.39 is 5.97 Å². The van der Waals surface area contributed by atoms with Crippen LogP contribution < -0.4 is 5.32 Å². The first kappa shape index (κ1) is 17.9. The second kappa shape index (κ2) is 8.44. The summed E-state index contributed by atoms with van der Waals surface area (Å²) < 4.78 is 10.1. The van der Waals surface area contributed by atoms with Gasteiger partial charge in [0.2, 0.25) is 11.8 Å². The fraction of sp³-hybridized carbons (Fsp3) is 0.471. The molecule has 1 atom stereocenters. The minimum Gasteiger partial charge on any atom is -0.465 e. The number of ether oxygens (including phenoxy) is 2. The zero-order valence-electron chi connectivity index (χ0n) is 13.9. The van der Waals surface area contributed by atoms with E-state index in [2.05, 4.69) is 10.1 Å². The Morgan fingerprint density at radius 1 is 1.29 bits per heavy atom. The average Bonchev–Trinajstić information content (AvgIpc) is 3.07. The first-order valence-electron chi connectivity index (χ1n) is 7.85. The maximum absolute atomic E-state index is 12.1. The lowest BCUT2D eigenvalue weighted by Crippen LogP contribution is -2.41. The highest BCUT2D eigenvalue weighted by Gasteiger charge is 2.22. The first-order valence-corrected chi connectivity index (χ1v) is 7.85. The summed E-state index contributed by atoms with van der Waals surface area (Å²) in [4.78, 5) is 36.7. The molecule has 130 valence electrons. The molecule has 1 saturated heterocycles. The highest BCUT2D eigenvalue weighted by Crippen LogP contribution is 2.14. The van der Waals surface area contributed by atoms with Crippen molar-refractivity contribution in [3.63, 3.8) is 0 Å². The van der Waals surface area contributed by atoms with Gasteiger partial charge >= 0.3 is 5.97 Å². The standard InChI is InChI=1S/C17H22N2O5/c1-12(20)19(10-15-4-3-9-24-15)11-16(21)18-14-7-5-13(6-8-14)17(22)23-2/h5-8,15H,3-4,9-11H2,1-2H3,(H,18,21). The van der Waals surface area contributed by atoms with Gasteiger partial charge in [0, 0.05) is 25.8 Å². The summed E-state index contributed by atoms with van der Waals surface area (Å²) in [5, 5.41) is 2.71. The summed E-state index contributed by atoms with van der Waals surface area (Å²) in [6.45, 7) is 2.53. The molecule has 24 heavy (non-hydrogen) atoms. The minimum atomic E-state index is -0.438. The molecule has 0 saturated carbocycles. The van der Waals surface area contributed by atoms with Gasteiger partial charge in [0.25, 0.3) is 0 Å². The predicted octanol–water partition coefficient (Wildman–Crippen LogP) is 1.44. The number of rotatable bonds is 6. The lowest BCUT2D eigenvalue weighted by molar-refractivity contribution is -0.134. The van der Waals surface area contributed by atoms with E-state index in [0.717, 1.165) is 12.8 Å². The van der Waals surface area contributed by atoms with Crippen LogP contribution in [0.25, 0.3) is 0 Å². The number of hydrogen-bond donors (Lipinski definition) is 1. The molecule has 2 amide bonds. The van der Waals surface area contributed by atoms with Crippen molar-refractivity contribution in [1.82, 2.24) is 4.90 Å². The molecular weight excluding hydrogens is 312 g/mol. The topological polar surface area (TPSA) is 84.9 Å². The zero-order valence-corrected chi connectivity index (χ0v) is 13.9. The van der Waals surface area contributed by atoms with Gasteiger partial charge in [-0.2, -0.15) is 0 Å². The molecule has 2 rings (SSSR count). The monoisotopic (exact) mass is 334 g/mol. The number of nitrogens with zero attached hydrogens (tertiary/aromatic N) is 1. The lowest BCUT2D eigenvalue weighted by atomic mass is 10.2. The molecule has 7 nitrogen and oxygen atoms in total. The highest BCUT2D eigenvalue weighted by atomic mass is 16.5. The average molecular weight is 334 g/mol. The molecule has 1 unspecified atom stereocenters. The molecule has 1 aromatic carbocycles. The molecular formula is C17H22N2O5.